The van der Waals surface area contributed by atoms with Crippen LogP contribution in [0.4, 0.5) is 0 Å². The molecule has 5 nitrogen and oxygen atoms in total. The van der Waals surface area contributed by atoms with E-state index >= 15 is 0 Å². The molecule has 2 aromatic rings. The molecule has 0 radical (unpaired) electrons. The molecule has 21 heavy (non-hydrogen) atoms. The second-order valence-corrected chi connectivity index (χ2v) is 4.40. The van der Waals surface area contributed by atoms with Crippen molar-refractivity contribution >= 4 is 22.7 Å². The highest BCUT2D eigenvalue weighted by molar-refractivity contribution is 6.14. The summed E-state index contributed by atoms with van der Waals surface area (Å²) < 4.78 is 5.62. The number of pyridine rings is 1. The summed E-state index contributed by atoms with van der Waals surface area (Å²) in [7, 11) is 0. The van der Waals surface area contributed by atoms with Gasteiger partial charge in [-0.25, -0.2) is 4.79 Å². The Morgan fingerprint density at radius 3 is 2.81 bits per heavy atom. The highest BCUT2D eigenvalue weighted by Gasteiger charge is 2.12. The van der Waals surface area contributed by atoms with Gasteiger partial charge < -0.3 is 9.84 Å². The number of hydrogen-bond donors (Lipinski definition) is 1. The van der Waals surface area contributed by atoms with Crippen molar-refractivity contribution in [3.05, 3.63) is 48.2 Å². The van der Waals surface area contributed by atoms with Gasteiger partial charge in [0.1, 0.15) is 11.3 Å². The summed E-state index contributed by atoms with van der Waals surface area (Å²) in [6.07, 6.45) is 4.36. The van der Waals surface area contributed by atoms with Gasteiger partial charge in [-0.3, -0.25) is 9.78 Å². The van der Waals surface area contributed by atoms with E-state index in [1.165, 1.54) is 0 Å². The molecule has 0 aliphatic carbocycles. The molecule has 5 heteroatoms. The Kier molecular flexibility index (Phi) is 4.66. The maximum atomic E-state index is 12.1. The van der Waals surface area contributed by atoms with Crippen LogP contribution in [-0.2, 0) is 4.79 Å². The average Bonchev–Trinajstić information content (AvgIpc) is 2.50. The van der Waals surface area contributed by atoms with Crippen LogP contribution >= 0.6 is 0 Å². The zero-order chi connectivity index (χ0) is 15.2. The number of ether oxygens (including phenoxy) is 1. The maximum Gasteiger partial charge on any atom is 0.328 e. The van der Waals surface area contributed by atoms with Crippen LogP contribution in [0, 0.1) is 0 Å². The largest absolute Gasteiger partial charge is 0.491 e. The number of carbonyl (C=O) groups excluding carboxylic acids is 1. The van der Waals surface area contributed by atoms with Crippen LogP contribution in [0.3, 0.4) is 0 Å². The molecule has 1 heterocycles. The summed E-state index contributed by atoms with van der Waals surface area (Å²) in [4.78, 5) is 26.8. The molecule has 0 bridgehead atoms. The Morgan fingerprint density at radius 1 is 1.29 bits per heavy atom. The number of aromatic nitrogens is 1. The number of nitrogens with zero attached hydrogens (tertiary/aromatic N) is 1. The molecule has 0 fully saturated rings. The van der Waals surface area contributed by atoms with E-state index in [9.17, 15) is 9.59 Å². The fraction of sp³-hybridized carbons (Fsp3) is 0.188. The highest BCUT2D eigenvalue weighted by atomic mass is 16.5. The molecule has 0 aliphatic rings. The van der Waals surface area contributed by atoms with Crippen molar-refractivity contribution in [3.8, 4) is 5.75 Å². The van der Waals surface area contributed by atoms with Gasteiger partial charge in [0, 0.05) is 23.2 Å². The van der Waals surface area contributed by atoms with Gasteiger partial charge in [-0.2, -0.15) is 0 Å². The Balaban J connectivity index is 2.47. The first-order chi connectivity index (χ1) is 10.1. The summed E-state index contributed by atoms with van der Waals surface area (Å²) >= 11 is 0. The number of hydrogen-bond acceptors (Lipinski definition) is 4. The van der Waals surface area contributed by atoms with Crippen molar-refractivity contribution in [1.29, 1.82) is 0 Å². The first-order valence-electron chi connectivity index (χ1n) is 6.59. The van der Waals surface area contributed by atoms with Crippen molar-refractivity contribution in [1.82, 2.24) is 4.98 Å². The van der Waals surface area contributed by atoms with Crippen LogP contribution in [0.2, 0.25) is 0 Å². The van der Waals surface area contributed by atoms with Crippen LogP contribution in [0.1, 0.15) is 23.7 Å². The molecule has 0 unspecified atom stereocenters. The number of carboxylic acid groups (broad SMARTS) is 1. The first kappa shape index (κ1) is 14.7. The molecular weight excluding hydrogens is 270 g/mol. The lowest BCUT2D eigenvalue weighted by atomic mass is 10.0. The number of rotatable bonds is 6. The predicted molar refractivity (Wildman–Crippen MR) is 78.6 cm³/mol. The van der Waals surface area contributed by atoms with Gasteiger partial charge in [-0.15, -0.1) is 0 Å². The second-order valence-electron chi connectivity index (χ2n) is 4.40. The molecule has 0 saturated carbocycles. The number of ketones is 1. The maximum absolute atomic E-state index is 12.1. The minimum atomic E-state index is -1.16. The van der Waals surface area contributed by atoms with E-state index in [0.717, 1.165) is 18.6 Å². The van der Waals surface area contributed by atoms with Crippen LogP contribution in [0.5, 0.6) is 5.75 Å². The lowest BCUT2D eigenvalue weighted by Crippen LogP contribution is -2.01. The van der Waals surface area contributed by atoms with Crippen molar-refractivity contribution in [2.45, 2.75) is 13.3 Å². The third-order valence-corrected chi connectivity index (χ3v) is 2.84. The molecule has 0 saturated heterocycles. The summed E-state index contributed by atoms with van der Waals surface area (Å²) in [6.45, 7) is 2.57. The average molecular weight is 285 g/mol. The third kappa shape index (κ3) is 3.45. The van der Waals surface area contributed by atoms with E-state index in [0.29, 0.717) is 28.8 Å². The van der Waals surface area contributed by atoms with Gasteiger partial charge in [0.25, 0.3) is 0 Å². The van der Waals surface area contributed by atoms with E-state index in [1.807, 2.05) is 6.92 Å². The summed E-state index contributed by atoms with van der Waals surface area (Å²) in [5.41, 5.74) is 1.000. The Hall–Kier alpha value is -2.69. The molecule has 0 aliphatic heterocycles. The lowest BCUT2D eigenvalue weighted by Gasteiger charge is -2.09. The van der Waals surface area contributed by atoms with E-state index in [2.05, 4.69) is 4.98 Å². The molecule has 1 N–H and O–H groups in total. The fourth-order valence-electron chi connectivity index (χ4n) is 1.93. The summed E-state index contributed by atoms with van der Waals surface area (Å²) in [5.74, 6) is -0.919. The monoisotopic (exact) mass is 285 g/mol. The number of aliphatic carboxylic acids is 1. The van der Waals surface area contributed by atoms with Crippen LogP contribution in [-0.4, -0.2) is 28.4 Å². The Bertz CT molecular complexity index is 706. The Morgan fingerprint density at radius 2 is 2.10 bits per heavy atom. The molecule has 2 rings (SSSR count). The number of carbonyl (C=O) groups is 2. The van der Waals surface area contributed by atoms with Crippen molar-refractivity contribution < 1.29 is 19.4 Å². The number of benzene rings is 1. The van der Waals surface area contributed by atoms with E-state index in [4.69, 9.17) is 9.84 Å². The van der Waals surface area contributed by atoms with E-state index < -0.39 is 5.97 Å². The molecular formula is C16H15NO4. The zero-order valence-electron chi connectivity index (χ0n) is 11.6. The van der Waals surface area contributed by atoms with Gasteiger partial charge >= 0.3 is 5.97 Å². The quantitative estimate of drug-likeness (QED) is 0.652. The van der Waals surface area contributed by atoms with Gasteiger partial charge in [0.05, 0.1) is 6.61 Å². The molecule has 1 aromatic carbocycles. The van der Waals surface area contributed by atoms with Crippen molar-refractivity contribution in [2.24, 2.45) is 0 Å². The minimum Gasteiger partial charge on any atom is -0.491 e. The number of allylic oxidation sites excluding steroid dienone is 1. The summed E-state index contributed by atoms with van der Waals surface area (Å²) in [6, 6.07) is 6.81. The predicted octanol–water partition coefficient (Wildman–Crippen LogP) is 2.85. The highest BCUT2D eigenvalue weighted by Crippen LogP contribution is 2.27. The van der Waals surface area contributed by atoms with Crippen molar-refractivity contribution in [3.63, 3.8) is 0 Å². The van der Waals surface area contributed by atoms with Crippen LogP contribution in [0.25, 0.3) is 10.9 Å². The van der Waals surface area contributed by atoms with Crippen LogP contribution < -0.4 is 4.74 Å². The van der Waals surface area contributed by atoms with Gasteiger partial charge in [-0.1, -0.05) is 13.0 Å². The van der Waals surface area contributed by atoms with Gasteiger partial charge in [0.2, 0.25) is 0 Å². The second kappa shape index (κ2) is 6.65. The fourth-order valence-corrected chi connectivity index (χ4v) is 1.93. The SMILES string of the molecule is CCCOc1ccc(C(=O)/C=C/C(=O)O)c2cccnc12. The van der Waals surface area contributed by atoms with Crippen molar-refractivity contribution in [2.75, 3.05) is 6.61 Å². The minimum absolute atomic E-state index is 0.377. The first-order valence-corrected chi connectivity index (χ1v) is 6.59. The number of carboxylic acids is 1. The van der Waals surface area contributed by atoms with Gasteiger partial charge in [-0.05, 0) is 30.7 Å². The van der Waals surface area contributed by atoms with Gasteiger partial charge in [0.15, 0.2) is 5.78 Å². The smallest absolute Gasteiger partial charge is 0.328 e. The third-order valence-electron chi connectivity index (χ3n) is 2.84. The standard InChI is InChI=1S/C16H15NO4/c1-2-10-21-14-7-5-11(13(18)6-8-15(19)20)12-4-3-9-17-16(12)14/h3-9H,2,10H2,1H3,(H,19,20)/b8-6+. The molecule has 0 atom stereocenters. The topological polar surface area (TPSA) is 76.5 Å². The van der Waals surface area contributed by atoms with Crippen LogP contribution in [0.15, 0.2) is 42.6 Å². The Labute approximate surface area is 121 Å². The van der Waals surface area contributed by atoms with E-state index in [-0.39, 0.29) is 5.78 Å². The normalized spacial score (nSPS) is 10.9. The molecule has 0 amide bonds. The number of fused-ring (bicyclic) bond motifs is 1. The molecule has 108 valence electrons. The molecule has 0 spiro atoms. The lowest BCUT2D eigenvalue weighted by molar-refractivity contribution is -0.131. The molecule has 1 aromatic heterocycles. The van der Waals surface area contributed by atoms with E-state index in [1.54, 1.807) is 30.5 Å². The zero-order valence-corrected chi connectivity index (χ0v) is 11.6. The summed E-state index contributed by atoms with van der Waals surface area (Å²) in [5, 5.41) is 9.24.